The number of nitrogens with two attached hydrogens (primary N) is 1. The van der Waals surface area contributed by atoms with Crippen LogP contribution in [0.15, 0.2) is 47.5 Å². The van der Waals surface area contributed by atoms with Gasteiger partial charge >= 0.3 is 0 Å². The van der Waals surface area contributed by atoms with Crippen LogP contribution in [0.4, 0.5) is 10.1 Å². The van der Waals surface area contributed by atoms with E-state index in [1.54, 1.807) is 12.1 Å². The molecule has 0 atom stereocenters. The topological polar surface area (TPSA) is 68.9 Å². The van der Waals surface area contributed by atoms with E-state index in [9.17, 15) is 4.39 Å². The number of benzene rings is 2. The van der Waals surface area contributed by atoms with Crippen LogP contribution < -0.4 is 20.5 Å². The maximum absolute atomic E-state index is 13.6. The summed E-state index contributed by atoms with van der Waals surface area (Å²) in [6.45, 7) is 4.21. The van der Waals surface area contributed by atoms with Gasteiger partial charge in [0.1, 0.15) is 5.75 Å². The fourth-order valence-electron chi connectivity index (χ4n) is 2.06. The Balaban J connectivity index is 0.00000312. The lowest BCUT2D eigenvalue weighted by Crippen LogP contribution is -2.22. The molecule has 25 heavy (non-hydrogen) atoms. The average Bonchev–Trinajstić information content (AvgIpc) is 2.54. The van der Waals surface area contributed by atoms with Crippen molar-refractivity contribution in [3.8, 4) is 11.5 Å². The van der Waals surface area contributed by atoms with Crippen LogP contribution in [0.3, 0.4) is 0 Å². The Morgan fingerprint density at radius 2 is 1.88 bits per heavy atom. The summed E-state index contributed by atoms with van der Waals surface area (Å²) in [5, 5.41) is 2.98. The lowest BCUT2D eigenvalue weighted by molar-refractivity contribution is 0.242. The van der Waals surface area contributed by atoms with Crippen LogP contribution in [0.5, 0.6) is 11.5 Å². The predicted octanol–water partition coefficient (Wildman–Crippen LogP) is 4.17. The van der Waals surface area contributed by atoms with E-state index in [0.717, 1.165) is 11.4 Å². The highest BCUT2D eigenvalue weighted by atomic mass is 127. The van der Waals surface area contributed by atoms with Gasteiger partial charge in [-0.25, -0.2) is 9.38 Å². The van der Waals surface area contributed by atoms with Gasteiger partial charge in [-0.1, -0.05) is 6.07 Å². The normalized spacial score (nSPS) is 11.0. The Morgan fingerprint density at radius 1 is 1.20 bits per heavy atom. The van der Waals surface area contributed by atoms with Crippen LogP contribution in [0.1, 0.15) is 19.4 Å². The Bertz CT molecular complexity index is 706. The molecule has 0 aromatic heterocycles. The second-order valence-electron chi connectivity index (χ2n) is 5.49. The molecule has 0 amide bonds. The molecule has 2 rings (SSSR count). The van der Waals surface area contributed by atoms with Crippen LogP contribution >= 0.6 is 24.0 Å². The van der Waals surface area contributed by atoms with E-state index in [4.69, 9.17) is 15.2 Å². The highest BCUT2D eigenvalue weighted by molar-refractivity contribution is 14.0. The number of rotatable bonds is 6. The zero-order valence-corrected chi connectivity index (χ0v) is 16.8. The van der Waals surface area contributed by atoms with Crippen molar-refractivity contribution in [2.24, 2.45) is 10.7 Å². The molecule has 0 bridgehead atoms. The summed E-state index contributed by atoms with van der Waals surface area (Å²) in [6, 6.07) is 12.1. The van der Waals surface area contributed by atoms with Gasteiger partial charge in [0.05, 0.1) is 19.8 Å². The molecular formula is C18H23FIN3O2. The molecular weight excluding hydrogens is 436 g/mol. The minimum absolute atomic E-state index is 0. The van der Waals surface area contributed by atoms with E-state index in [2.05, 4.69) is 10.3 Å². The van der Waals surface area contributed by atoms with Crippen LogP contribution in [0, 0.1) is 5.82 Å². The SMILES string of the molecule is COc1ccc(CN=C(N)Nc2ccc(OC(C)C)cc2)cc1F.I. The van der Waals surface area contributed by atoms with Gasteiger partial charge < -0.3 is 20.5 Å². The van der Waals surface area contributed by atoms with Gasteiger partial charge in [0.15, 0.2) is 17.5 Å². The molecule has 0 aliphatic rings. The molecule has 136 valence electrons. The van der Waals surface area contributed by atoms with E-state index in [1.807, 2.05) is 38.1 Å². The van der Waals surface area contributed by atoms with Gasteiger partial charge in [0, 0.05) is 5.69 Å². The number of hydrogen-bond donors (Lipinski definition) is 2. The molecule has 0 unspecified atom stereocenters. The Morgan fingerprint density at radius 3 is 2.44 bits per heavy atom. The maximum Gasteiger partial charge on any atom is 0.193 e. The zero-order chi connectivity index (χ0) is 17.5. The molecule has 0 aliphatic carbocycles. The number of guanidine groups is 1. The highest BCUT2D eigenvalue weighted by Gasteiger charge is 2.03. The molecule has 0 saturated carbocycles. The zero-order valence-electron chi connectivity index (χ0n) is 14.5. The molecule has 0 radical (unpaired) electrons. The maximum atomic E-state index is 13.6. The average molecular weight is 459 g/mol. The molecule has 0 saturated heterocycles. The van der Waals surface area contributed by atoms with Crippen molar-refractivity contribution in [2.75, 3.05) is 12.4 Å². The monoisotopic (exact) mass is 459 g/mol. The number of nitrogens with one attached hydrogen (secondary N) is 1. The second kappa shape index (κ2) is 10.1. The molecule has 0 fully saturated rings. The predicted molar refractivity (Wildman–Crippen MR) is 110 cm³/mol. The highest BCUT2D eigenvalue weighted by Crippen LogP contribution is 2.19. The lowest BCUT2D eigenvalue weighted by Gasteiger charge is -2.11. The number of anilines is 1. The van der Waals surface area contributed by atoms with E-state index in [0.29, 0.717) is 5.56 Å². The summed E-state index contributed by atoms with van der Waals surface area (Å²) < 4.78 is 24.1. The van der Waals surface area contributed by atoms with Crippen LogP contribution in [-0.4, -0.2) is 19.2 Å². The Labute approximate surface area is 164 Å². The molecule has 0 spiro atoms. The summed E-state index contributed by atoms with van der Waals surface area (Å²) >= 11 is 0. The first-order valence-corrected chi connectivity index (χ1v) is 7.64. The van der Waals surface area contributed by atoms with E-state index < -0.39 is 5.82 Å². The summed E-state index contributed by atoms with van der Waals surface area (Å²) in [5.41, 5.74) is 7.36. The van der Waals surface area contributed by atoms with Gasteiger partial charge in [-0.2, -0.15) is 0 Å². The standard InChI is InChI=1S/C18H22FN3O2.HI/c1-12(2)24-15-7-5-14(6-8-15)22-18(20)21-11-13-4-9-17(23-3)16(19)10-13;/h4-10,12H,11H2,1-3H3,(H3,20,21,22);1H. The van der Waals surface area contributed by atoms with Gasteiger partial charge in [-0.3, -0.25) is 0 Å². The van der Waals surface area contributed by atoms with Crippen LogP contribution in [0.25, 0.3) is 0 Å². The van der Waals surface area contributed by atoms with E-state index in [1.165, 1.54) is 13.2 Å². The van der Waals surface area contributed by atoms with Crippen LogP contribution in [0.2, 0.25) is 0 Å². The fourth-order valence-corrected chi connectivity index (χ4v) is 2.06. The summed E-state index contributed by atoms with van der Waals surface area (Å²) in [5.74, 6) is 0.832. The largest absolute Gasteiger partial charge is 0.494 e. The van der Waals surface area contributed by atoms with Crippen molar-refractivity contribution in [3.63, 3.8) is 0 Å². The quantitative estimate of drug-likeness (QED) is 0.387. The van der Waals surface area contributed by atoms with Crippen molar-refractivity contribution in [1.82, 2.24) is 0 Å². The van der Waals surface area contributed by atoms with Crippen molar-refractivity contribution in [3.05, 3.63) is 53.8 Å². The fraction of sp³-hybridized carbons (Fsp3) is 0.278. The number of halogens is 2. The summed E-state index contributed by atoms with van der Waals surface area (Å²) in [4.78, 5) is 4.20. The lowest BCUT2D eigenvalue weighted by atomic mass is 10.2. The molecule has 7 heteroatoms. The number of hydrogen-bond acceptors (Lipinski definition) is 3. The third-order valence-corrected chi connectivity index (χ3v) is 3.15. The third kappa shape index (κ3) is 6.77. The van der Waals surface area contributed by atoms with Crippen LogP contribution in [-0.2, 0) is 6.54 Å². The van der Waals surface area contributed by atoms with Gasteiger partial charge in [0.2, 0.25) is 0 Å². The van der Waals surface area contributed by atoms with Crippen molar-refractivity contribution in [1.29, 1.82) is 0 Å². The molecule has 3 N–H and O–H groups in total. The first-order chi connectivity index (χ1) is 11.5. The van der Waals surface area contributed by atoms with E-state index >= 15 is 0 Å². The minimum Gasteiger partial charge on any atom is -0.494 e. The van der Waals surface area contributed by atoms with Crippen molar-refractivity contribution in [2.45, 2.75) is 26.5 Å². The van der Waals surface area contributed by atoms with Gasteiger partial charge in [-0.05, 0) is 55.8 Å². The number of methoxy groups -OCH3 is 1. The first-order valence-electron chi connectivity index (χ1n) is 7.64. The molecule has 5 nitrogen and oxygen atoms in total. The van der Waals surface area contributed by atoms with Gasteiger partial charge in [0.25, 0.3) is 0 Å². The smallest absolute Gasteiger partial charge is 0.193 e. The number of nitrogens with zero attached hydrogens (tertiary/aromatic N) is 1. The number of aliphatic imine (C=N–C) groups is 1. The molecule has 2 aromatic carbocycles. The van der Waals surface area contributed by atoms with Gasteiger partial charge in [-0.15, -0.1) is 24.0 Å². The van der Waals surface area contributed by atoms with E-state index in [-0.39, 0.29) is 48.3 Å². The molecule has 2 aromatic rings. The molecule has 0 heterocycles. The summed E-state index contributed by atoms with van der Waals surface area (Å²) in [7, 11) is 1.43. The third-order valence-electron chi connectivity index (χ3n) is 3.15. The Hall–Kier alpha value is -2.03. The van der Waals surface area contributed by atoms with Crippen molar-refractivity contribution >= 4 is 35.6 Å². The number of ether oxygens (including phenoxy) is 2. The van der Waals surface area contributed by atoms with Crippen molar-refractivity contribution < 1.29 is 13.9 Å². The second-order valence-corrected chi connectivity index (χ2v) is 5.49. The summed E-state index contributed by atoms with van der Waals surface area (Å²) in [6.07, 6.45) is 0.125. The molecule has 0 aliphatic heterocycles. The minimum atomic E-state index is -0.419. The first kappa shape index (κ1) is 21.0. The Kier molecular flexibility index (Phi) is 8.47.